The fourth-order valence-corrected chi connectivity index (χ4v) is 2.85. The van der Waals surface area contributed by atoms with Gasteiger partial charge in [0, 0.05) is 28.4 Å². The van der Waals surface area contributed by atoms with Crippen molar-refractivity contribution in [3.8, 4) is 6.07 Å². The number of fused-ring (bicyclic) bond motifs is 3. The molecule has 0 fully saturated rings. The fourth-order valence-electron chi connectivity index (χ4n) is 2.85. The van der Waals surface area contributed by atoms with Crippen LogP contribution in [0.2, 0.25) is 0 Å². The quantitative estimate of drug-likeness (QED) is 0.725. The van der Waals surface area contributed by atoms with Crippen LogP contribution in [0.4, 0.5) is 0 Å². The van der Waals surface area contributed by atoms with Crippen LogP contribution in [0, 0.1) is 11.3 Å². The predicted molar refractivity (Wildman–Crippen MR) is 81.7 cm³/mol. The SMILES string of the molecule is CCn1c2ccccc2c2cc(C(O)C(O)C#N)ccc21. The van der Waals surface area contributed by atoms with Crippen molar-refractivity contribution in [1.29, 1.82) is 5.26 Å². The normalized spacial score (nSPS) is 14.2. The van der Waals surface area contributed by atoms with Gasteiger partial charge in [0.05, 0.1) is 6.07 Å². The van der Waals surface area contributed by atoms with Crippen LogP contribution in [-0.4, -0.2) is 20.9 Å². The smallest absolute Gasteiger partial charge is 0.170 e. The second-order valence-electron chi connectivity index (χ2n) is 5.06. The van der Waals surface area contributed by atoms with E-state index >= 15 is 0 Å². The van der Waals surface area contributed by atoms with Crippen molar-refractivity contribution < 1.29 is 10.2 Å². The van der Waals surface area contributed by atoms with Gasteiger partial charge in [-0.15, -0.1) is 0 Å². The number of aliphatic hydroxyl groups is 2. The van der Waals surface area contributed by atoms with Crippen LogP contribution in [-0.2, 0) is 6.54 Å². The molecule has 2 unspecified atom stereocenters. The van der Waals surface area contributed by atoms with Crippen molar-refractivity contribution in [1.82, 2.24) is 4.57 Å². The number of para-hydroxylation sites is 1. The van der Waals surface area contributed by atoms with E-state index in [0.29, 0.717) is 5.56 Å². The zero-order valence-electron chi connectivity index (χ0n) is 11.7. The first-order valence-electron chi connectivity index (χ1n) is 6.94. The third kappa shape index (κ3) is 2.07. The number of hydrogen-bond acceptors (Lipinski definition) is 3. The topological polar surface area (TPSA) is 69.2 Å². The largest absolute Gasteiger partial charge is 0.385 e. The Hall–Kier alpha value is -2.35. The molecule has 0 radical (unpaired) electrons. The first-order chi connectivity index (χ1) is 10.2. The van der Waals surface area contributed by atoms with Gasteiger partial charge in [-0.3, -0.25) is 0 Å². The van der Waals surface area contributed by atoms with Crippen molar-refractivity contribution in [2.45, 2.75) is 25.7 Å². The molecular formula is C17H16N2O2. The summed E-state index contributed by atoms with van der Waals surface area (Å²) in [6.07, 6.45) is -2.61. The molecule has 3 aromatic rings. The Morgan fingerprint density at radius 2 is 1.81 bits per heavy atom. The Morgan fingerprint density at radius 1 is 1.10 bits per heavy atom. The summed E-state index contributed by atoms with van der Waals surface area (Å²) in [5.41, 5.74) is 2.78. The van der Waals surface area contributed by atoms with E-state index in [2.05, 4.69) is 17.6 Å². The maximum absolute atomic E-state index is 10.0. The maximum atomic E-state index is 10.0. The van der Waals surface area contributed by atoms with Gasteiger partial charge < -0.3 is 14.8 Å². The van der Waals surface area contributed by atoms with Gasteiger partial charge in [-0.25, -0.2) is 0 Å². The number of nitriles is 1. The third-order valence-electron chi connectivity index (χ3n) is 3.89. The monoisotopic (exact) mass is 280 g/mol. The molecule has 0 amide bonds. The van der Waals surface area contributed by atoms with Crippen LogP contribution in [0.15, 0.2) is 42.5 Å². The van der Waals surface area contributed by atoms with Crippen molar-refractivity contribution >= 4 is 21.8 Å². The Labute approximate surface area is 122 Å². The number of aromatic nitrogens is 1. The lowest BCUT2D eigenvalue weighted by molar-refractivity contribution is 0.0529. The van der Waals surface area contributed by atoms with Crippen molar-refractivity contribution in [3.05, 3.63) is 48.0 Å². The first kappa shape index (κ1) is 13.6. The van der Waals surface area contributed by atoms with E-state index < -0.39 is 12.2 Å². The molecule has 0 bridgehead atoms. The molecule has 2 atom stereocenters. The van der Waals surface area contributed by atoms with Crippen LogP contribution in [0.5, 0.6) is 0 Å². The van der Waals surface area contributed by atoms with Crippen LogP contribution < -0.4 is 0 Å². The van der Waals surface area contributed by atoms with Crippen LogP contribution >= 0.6 is 0 Å². The highest BCUT2D eigenvalue weighted by molar-refractivity contribution is 6.08. The van der Waals surface area contributed by atoms with E-state index in [-0.39, 0.29) is 0 Å². The average Bonchev–Trinajstić information content (AvgIpc) is 2.86. The summed E-state index contributed by atoms with van der Waals surface area (Å²) in [4.78, 5) is 0. The minimum absolute atomic E-state index is 0.551. The van der Waals surface area contributed by atoms with E-state index in [0.717, 1.165) is 28.4 Å². The molecule has 0 aliphatic rings. The van der Waals surface area contributed by atoms with Crippen molar-refractivity contribution in [2.75, 3.05) is 0 Å². The Kier molecular flexibility index (Phi) is 3.38. The highest BCUT2D eigenvalue weighted by atomic mass is 16.3. The predicted octanol–water partition coefficient (Wildman–Crippen LogP) is 2.73. The molecule has 0 saturated carbocycles. The van der Waals surface area contributed by atoms with Gasteiger partial charge in [-0.2, -0.15) is 5.26 Å². The number of nitrogens with zero attached hydrogens (tertiary/aromatic N) is 2. The second-order valence-corrected chi connectivity index (χ2v) is 5.06. The molecule has 4 heteroatoms. The van der Waals surface area contributed by atoms with Crippen molar-refractivity contribution in [3.63, 3.8) is 0 Å². The minimum atomic E-state index is -1.41. The van der Waals surface area contributed by atoms with Gasteiger partial charge in [0.15, 0.2) is 6.10 Å². The minimum Gasteiger partial charge on any atom is -0.385 e. The summed E-state index contributed by atoms with van der Waals surface area (Å²) in [6, 6.07) is 15.3. The van der Waals surface area contributed by atoms with Gasteiger partial charge in [0.25, 0.3) is 0 Å². The number of aryl methyl sites for hydroxylation is 1. The van der Waals surface area contributed by atoms with Gasteiger partial charge in [0.1, 0.15) is 6.10 Å². The van der Waals surface area contributed by atoms with Gasteiger partial charge in [-0.1, -0.05) is 24.3 Å². The van der Waals surface area contributed by atoms with E-state index in [9.17, 15) is 10.2 Å². The molecular weight excluding hydrogens is 264 g/mol. The molecule has 3 rings (SSSR count). The third-order valence-corrected chi connectivity index (χ3v) is 3.89. The number of hydrogen-bond donors (Lipinski definition) is 2. The zero-order chi connectivity index (χ0) is 15.0. The Balaban J connectivity index is 2.27. The molecule has 0 aliphatic heterocycles. The number of aliphatic hydroxyl groups excluding tert-OH is 2. The molecule has 0 spiro atoms. The van der Waals surface area contributed by atoms with E-state index in [1.54, 1.807) is 12.1 Å². The molecule has 1 aromatic heterocycles. The van der Waals surface area contributed by atoms with Gasteiger partial charge in [0.2, 0.25) is 0 Å². The molecule has 21 heavy (non-hydrogen) atoms. The lowest BCUT2D eigenvalue weighted by Crippen LogP contribution is -2.15. The summed E-state index contributed by atoms with van der Waals surface area (Å²) in [7, 11) is 0. The second kappa shape index (κ2) is 5.21. The lowest BCUT2D eigenvalue weighted by atomic mass is 10.0. The first-order valence-corrected chi connectivity index (χ1v) is 6.94. The molecule has 0 aliphatic carbocycles. The number of benzene rings is 2. The van der Waals surface area contributed by atoms with Crippen LogP contribution in [0.3, 0.4) is 0 Å². The van der Waals surface area contributed by atoms with E-state index in [4.69, 9.17) is 5.26 Å². The molecule has 2 N–H and O–H groups in total. The standard InChI is InChI=1S/C17H16N2O2/c1-2-19-14-6-4-3-5-12(14)13-9-11(7-8-15(13)19)17(21)16(20)10-18/h3-9,16-17,20-21H,2H2,1H3. The summed E-state index contributed by atoms with van der Waals surface area (Å²) in [5.74, 6) is 0. The Morgan fingerprint density at radius 3 is 2.52 bits per heavy atom. The van der Waals surface area contributed by atoms with Crippen LogP contribution in [0.1, 0.15) is 18.6 Å². The van der Waals surface area contributed by atoms with E-state index in [1.165, 1.54) is 0 Å². The molecule has 2 aromatic carbocycles. The lowest BCUT2D eigenvalue weighted by Gasteiger charge is -2.12. The maximum Gasteiger partial charge on any atom is 0.170 e. The summed E-state index contributed by atoms with van der Waals surface area (Å²) in [5, 5.41) is 30.4. The highest BCUT2D eigenvalue weighted by Gasteiger charge is 2.19. The van der Waals surface area contributed by atoms with Gasteiger partial charge in [-0.05, 0) is 30.7 Å². The molecule has 4 nitrogen and oxygen atoms in total. The van der Waals surface area contributed by atoms with Gasteiger partial charge >= 0.3 is 0 Å². The summed E-state index contributed by atoms with van der Waals surface area (Å²) >= 11 is 0. The summed E-state index contributed by atoms with van der Waals surface area (Å²) < 4.78 is 2.21. The Bertz CT molecular complexity index is 845. The summed E-state index contributed by atoms with van der Waals surface area (Å²) in [6.45, 7) is 2.95. The molecule has 1 heterocycles. The zero-order valence-corrected chi connectivity index (χ0v) is 11.7. The highest BCUT2D eigenvalue weighted by Crippen LogP contribution is 2.31. The number of rotatable bonds is 3. The fraction of sp³-hybridized carbons (Fsp3) is 0.235. The van der Waals surface area contributed by atoms with E-state index in [1.807, 2.05) is 30.3 Å². The average molecular weight is 280 g/mol. The molecule has 0 saturated heterocycles. The van der Waals surface area contributed by atoms with Crippen molar-refractivity contribution in [2.24, 2.45) is 0 Å². The van der Waals surface area contributed by atoms with Crippen LogP contribution in [0.25, 0.3) is 21.8 Å². The molecule has 106 valence electrons.